The Labute approximate surface area is 132 Å². The standard InChI is InChI=1S/C17H32BClO/c18-16-14-12-10-8-6-4-2-1-3-5-7-9-11-13-15-17(19)20/h1-16H2. The maximum Gasteiger partial charge on any atom is 0.221 e. The van der Waals surface area contributed by atoms with Gasteiger partial charge in [-0.15, -0.1) is 0 Å². The molecule has 0 fully saturated rings. The summed E-state index contributed by atoms with van der Waals surface area (Å²) in [5.41, 5.74) is 0. The van der Waals surface area contributed by atoms with Crippen molar-refractivity contribution < 1.29 is 4.79 Å². The summed E-state index contributed by atoms with van der Waals surface area (Å²) in [6.07, 6.45) is 19.7. The molecule has 2 radical (unpaired) electrons. The molecule has 0 heterocycles. The van der Waals surface area contributed by atoms with E-state index in [1.807, 2.05) is 0 Å². The zero-order chi connectivity index (χ0) is 14.9. The number of carbonyl (C=O) groups excluding carboxylic acids is 1. The zero-order valence-electron chi connectivity index (χ0n) is 13.2. The van der Waals surface area contributed by atoms with Crippen molar-refractivity contribution in [2.75, 3.05) is 0 Å². The topological polar surface area (TPSA) is 17.1 Å². The molecular weight excluding hydrogens is 266 g/mol. The molecule has 0 rings (SSSR count). The van der Waals surface area contributed by atoms with Crippen LogP contribution in [-0.4, -0.2) is 13.1 Å². The minimum atomic E-state index is -0.187. The summed E-state index contributed by atoms with van der Waals surface area (Å²) in [6, 6.07) is 0. The Balaban J connectivity index is 2.94. The van der Waals surface area contributed by atoms with Gasteiger partial charge in [0, 0.05) is 6.42 Å². The van der Waals surface area contributed by atoms with Crippen molar-refractivity contribution in [1.29, 1.82) is 0 Å². The second-order valence-electron chi connectivity index (χ2n) is 5.84. The van der Waals surface area contributed by atoms with Crippen molar-refractivity contribution in [2.24, 2.45) is 0 Å². The lowest BCUT2D eigenvalue weighted by atomic mass is 9.98. The van der Waals surface area contributed by atoms with Crippen molar-refractivity contribution in [3.63, 3.8) is 0 Å². The van der Waals surface area contributed by atoms with Gasteiger partial charge in [0.1, 0.15) is 0 Å². The molecule has 0 aliphatic rings. The Kier molecular flexibility index (Phi) is 17.1. The molecule has 0 aromatic heterocycles. The van der Waals surface area contributed by atoms with E-state index in [1.165, 1.54) is 77.0 Å². The van der Waals surface area contributed by atoms with Gasteiger partial charge >= 0.3 is 0 Å². The van der Waals surface area contributed by atoms with E-state index in [2.05, 4.69) is 0 Å². The molecule has 0 aromatic carbocycles. The van der Waals surface area contributed by atoms with E-state index in [0.29, 0.717) is 6.42 Å². The van der Waals surface area contributed by atoms with Crippen LogP contribution in [0.25, 0.3) is 0 Å². The van der Waals surface area contributed by atoms with E-state index < -0.39 is 0 Å². The molecule has 0 aliphatic heterocycles. The number of halogens is 1. The molecule has 0 amide bonds. The van der Waals surface area contributed by atoms with Gasteiger partial charge in [-0.1, -0.05) is 89.8 Å². The van der Waals surface area contributed by atoms with Crippen LogP contribution in [0.4, 0.5) is 0 Å². The average Bonchev–Trinajstić information content (AvgIpc) is 2.43. The fourth-order valence-corrected chi connectivity index (χ4v) is 2.66. The third kappa shape index (κ3) is 18.0. The van der Waals surface area contributed by atoms with Crippen LogP contribution in [0.5, 0.6) is 0 Å². The summed E-state index contributed by atoms with van der Waals surface area (Å²) in [6.45, 7) is 0. The minimum Gasteiger partial charge on any atom is -0.281 e. The van der Waals surface area contributed by atoms with Crippen molar-refractivity contribution in [3.8, 4) is 0 Å². The molecule has 3 heteroatoms. The Bertz CT molecular complexity index is 209. The maximum atomic E-state index is 10.5. The Hall–Kier alpha value is 0.0249. The van der Waals surface area contributed by atoms with Gasteiger partial charge in [-0.2, -0.15) is 0 Å². The molecule has 0 saturated heterocycles. The molecule has 20 heavy (non-hydrogen) atoms. The largest absolute Gasteiger partial charge is 0.281 e. The predicted molar refractivity (Wildman–Crippen MR) is 90.7 cm³/mol. The molecule has 1 nitrogen and oxygen atoms in total. The summed E-state index contributed by atoms with van der Waals surface area (Å²) in [4.78, 5) is 10.5. The van der Waals surface area contributed by atoms with Gasteiger partial charge in [0.25, 0.3) is 0 Å². The van der Waals surface area contributed by atoms with E-state index in [4.69, 9.17) is 19.4 Å². The lowest BCUT2D eigenvalue weighted by Crippen LogP contribution is -1.86. The third-order valence-electron chi connectivity index (χ3n) is 3.83. The van der Waals surface area contributed by atoms with E-state index in [0.717, 1.165) is 19.2 Å². The molecular formula is C17H32BClO. The van der Waals surface area contributed by atoms with Gasteiger partial charge in [-0.05, 0) is 18.0 Å². The smallest absolute Gasteiger partial charge is 0.221 e. The monoisotopic (exact) mass is 298 g/mol. The first kappa shape index (κ1) is 20.0. The minimum absolute atomic E-state index is 0.187. The normalized spacial score (nSPS) is 10.8. The van der Waals surface area contributed by atoms with Crippen molar-refractivity contribution in [1.82, 2.24) is 0 Å². The van der Waals surface area contributed by atoms with E-state index >= 15 is 0 Å². The quantitative estimate of drug-likeness (QED) is 0.189. The first-order valence-corrected chi connectivity index (χ1v) is 9.03. The Morgan fingerprint density at radius 3 is 1.20 bits per heavy atom. The van der Waals surface area contributed by atoms with Crippen molar-refractivity contribution >= 4 is 24.7 Å². The van der Waals surface area contributed by atoms with E-state index in [-0.39, 0.29) is 5.24 Å². The van der Waals surface area contributed by atoms with Crippen molar-refractivity contribution in [3.05, 3.63) is 0 Å². The van der Waals surface area contributed by atoms with Crippen molar-refractivity contribution in [2.45, 2.75) is 103 Å². The summed E-state index contributed by atoms with van der Waals surface area (Å²) in [5, 5.41) is -0.187. The summed E-state index contributed by atoms with van der Waals surface area (Å²) in [5.74, 6) is 0. The first-order chi connectivity index (χ1) is 9.77. The SMILES string of the molecule is [B]CCCCCCCCCCCCCCCCC(=O)Cl. The Morgan fingerprint density at radius 2 is 0.900 bits per heavy atom. The lowest BCUT2D eigenvalue weighted by molar-refractivity contribution is -0.111. The highest BCUT2D eigenvalue weighted by Crippen LogP contribution is 2.13. The first-order valence-electron chi connectivity index (χ1n) is 8.65. The highest BCUT2D eigenvalue weighted by atomic mass is 35.5. The fourth-order valence-electron chi connectivity index (χ4n) is 2.53. The molecule has 0 aliphatic carbocycles. The fraction of sp³-hybridized carbons (Fsp3) is 0.941. The molecule has 0 saturated carbocycles. The molecule has 0 bridgehead atoms. The van der Waals surface area contributed by atoms with Crippen LogP contribution in [0.1, 0.15) is 96.3 Å². The van der Waals surface area contributed by atoms with Crippen LogP contribution in [0.15, 0.2) is 0 Å². The van der Waals surface area contributed by atoms with Crippen LogP contribution < -0.4 is 0 Å². The number of carbonyl (C=O) groups is 1. The molecule has 0 aromatic rings. The van der Waals surface area contributed by atoms with Gasteiger partial charge in [-0.25, -0.2) is 0 Å². The second kappa shape index (κ2) is 17.1. The number of rotatable bonds is 16. The third-order valence-corrected chi connectivity index (χ3v) is 4.02. The molecule has 0 N–H and O–H groups in total. The summed E-state index contributed by atoms with van der Waals surface area (Å²) < 4.78 is 0. The van der Waals surface area contributed by atoms with E-state index in [1.54, 1.807) is 0 Å². The van der Waals surface area contributed by atoms with Crippen LogP contribution in [0.3, 0.4) is 0 Å². The molecule has 0 unspecified atom stereocenters. The number of hydrogen-bond donors (Lipinski definition) is 0. The van der Waals surface area contributed by atoms with Crippen LogP contribution >= 0.6 is 11.6 Å². The number of hydrogen-bond acceptors (Lipinski definition) is 1. The van der Waals surface area contributed by atoms with Crippen LogP contribution in [0, 0.1) is 0 Å². The maximum absolute atomic E-state index is 10.5. The highest BCUT2D eigenvalue weighted by Gasteiger charge is 1.96. The average molecular weight is 299 g/mol. The van der Waals surface area contributed by atoms with Gasteiger partial charge in [0.2, 0.25) is 5.24 Å². The van der Waals surface area contributed by atoms with E-state index in [9.17, 15) is 4.79 Å². The predicted octanol–water partition coefficient (Wildman–Crippen LogP) is 6.19. The molecule has 0 spiro atoms. The second-order valence-corrected chi connectivity index (χ2v) is 6.27. The number of unbranched alkanes of at least 4 members (excludes halogenated alkanes) is 13. The van der Waals surface area contributed by atoms with Gasteiger partial charge in [-0.3, -0.25) is 4.79 Å². The van der Waals surface area contributed by atoms with Gasteiger partial charge in [0.05, 0.1) is 7.85 Å². The summed E-state index contributed by atoms with van der Waals surface area (Å²) in [7, 11) is 5.47. The van der Waals surface area contributed by atoms with Crippen LogP contribution in [-0.2, 0) is 4.79 Å². The van der Waals surface area contributed by atoms with Gasteiger partial charge < -0.3 is 0 Å². The lowest BCUT2D eigenvalue weighted by Gasteiger charge is -2.03. The summed E-state index contributed by atoms with van der Waals surface area (Å²) >= 11 is 5.29. The Morgan fingerprint density at radius 1 is 0.600 bits per heavy atom. The molecule has 116 valence electrons. The molecule has 0 atom stereocenters. The zero-order valence-corrected chi connectivity index (χ0v) is 13.9. The van der Waals surface area contributed by atoms with Gasteiger partial charge in [0.15, 0.2) is 0 Å². The highest BCUT2D eigenvalue weighted by molar-refractivity contribution is 6.63. The van der Waals surface area contributed by atoms with Crippen LogP contribution in [0.2, 0.25) is 6.32 Å².